The third kappa shape index (κ3) is 7.66. The molecule has 0 saturated carbocycles. The number of rotatable bonds is 9. The van der Waals surface area contributed by atoms with Gasteiger partial charge in [-0.05, 0) is 54.4 Å². The first-order valence-corrected chi connectivity index (χ1v) is 8.39. The highest BCUT2D eigenvalue weighted by Gasteiger charge is 2.25. The molecule has 0 bridgehead atoms. The van der Waals surface area contributed by atoms with Gasteiger partial charge in [0.2, 0.25) is 0 Å². The molecule has 0 spiro atoms. The Labute approximate surface area is 131 Å². The second-order valence-electron chi connectivity index (χ2n) is 8.32. The first-order chi connectivity index (χ1) is 9.74. The number of benzene rings is 1. The van der Waals surface area contributed by atoms with Gasteiger partial charge in [-0.15, -0.1) is 0 Å². The van der Waals surface area contributed by atoms with E-state index < -0.39 is 0 Å². The highest BCUT2D eigenvalue weighted by molar-refractivity contribution is 5.16. The summed E-state index contributed by atoms with van der Waals surface area (Å²) in [6.45, 7) is 12.0. The van der Waals surface area contributed by atoms with E-state index in [1.54, 1.807) is 0 Å². The highest BCUT2D eigenvalue weighted by atomic mass is 16.3. The van der Waals surface area contributed by atoms with Crippen molar-refractivity contribution in [1.82, 2.24) is 0 Å². The number of hydrogen-bond acceptors (Lipinski definition) is 1. The van der Waals surface area contributed by atoms with E-state index in [9.17, 15) is 0 Å². The number of aliphatic hydroxyl groups excluding tert-OH is 1. The fourth-order valence-electron chi connectivity index (χ4n) is 2.77. The maximum atomic E-state index is 9.15. The average Bonchev–Trinajstić information content (AvgIpc) is 2.44. The second kappa shape index (κ2) is 7.98. The third-order valence-electron chi connectivity index (χ3n) is 4.63. The van der Waals surface area contributed by atoms with Crippen LogP contribution >= 0.6 is 0 Å². The SMILES string of the molecule is CC(CO)CCC(C)(C)CCC(C)(C)Cc1ccccc1. The molecule has 0 amide bonds. The van der Waals surface area contributed by atoms with Gasteiger partial charge in [-0.3, -0.25) is 0 Å². The van der Waals surface area contributed by atoms with Gasteiger partial charge in [0.1, 0.15) is 0 Å². The topological polar surface area (TPSA) is 20.2 Å². The minimum absolute atomic E-state index is 0.315. The Morgan fingerprint density at radius 2 is 1.48 bits per heavy atom. The smallest absolute Gasteiger partial charge is 0.0456 e. The van der Waals surface area contributed by atoms with Crippen molar-refractivity contribution in [2.75, 3.05) is 6.61 Å². The molecule has 0 saturated heterocycles. The normalized spacial score (nSPS) is 14.2. The molecule has 1 unspecified atom stereocenters. The fraction of sp³-hybridized carbons (Fsp3) is 0.700. The van der Waals surface area contributed by atoms with Crippen LogP contribution in [0.25, 0.3) is 0 Å². The van der Waals surface area contributed by atoms with Crippen molar-refractivity contribution < 1.29 is 5.11 Å². The lowest BCUT2D eigenvalue weighted by molar-refractivity contribution is 0.185. The molecule has 0 heterocycles. The van der Waals surface area contributed by atoms with E-state index in [-0.39, 0.29) is 0 Å². The molecule has 0 aromatic heterocycles. The minimum Gasteiger partial charge on any atom is -0.396 e. The van der Waals surface area contributed by atoms with Crippen molar-refractivity contribution in [3.05, 3.63) is 35.9 Å². The number of hydrogen-bond donors (Lipinski definition) is 1. The van der Waals surface area contributed by atoms with Gasteiger partial charge in [-0.25, -0.2) is 0 Å². The molecule has 0 aliphatic rings. The van der Waals surface area contributed by atoms with Crippen LogP contribution < -0.4 is 0 Å². The summed E-state index contributed by atoms with van der Waals surface area (Å²) in [5.41, 5.74) is 2.16. The van der Waals surface area contributed by atoms with E-state index in [1.165, 1.54) is 24.8 Å². The molecule has 21 heavy (non-hydrogen) atoms. The molecule has 0 fully saturated rings. The summed E-state index contributed by atoms with van der Waals surface area (Å²) < 4.78 is 0. The molecule has 1 rings (SSSR count). The van der Waals surface area contributed by atoms with Crippen LogP contribution in [0.2, 0.25) is 0 Å². The standard InChI is InChI=1S/C20H34O/c1-17(16-21)11-12-19(2,3)13-14-20(4,5)15-18-9-7-6-8-10-18/h6-10,17,21H,11-16H2,1-5H3. The Balaban J connectivity index is 2.44. The Bertz CT molecular complexity index is 392. The predicted molar refractivity (Wildman–Crippen MR) is 92.4 cm³/mol. The van der Waals surface area contributed by atoms with Crippen molar-refractivity contribution in [2.24, 2.45) is 16.7 Å². The van der Waals surface area contributed by atoms with Gasteiger partial charge in [-0.1, -0.05) is 65.0 Å². The maximum Gasteiger partial charge on any atom is 0.0456 e. The average molecular weight is 290 g/mol. The molecule has 1 N–H and O–H groups in total. The molecule has 0 aliphatic heterocycles. The lowest BCUT2D eigenvalue weighted by atomic mass is 9.74. The van der Waals surface area contributed by atoms with Crippen molar-refractivity contribution in [3.8, 4) is 0 Å². The molecule has 1 heteroatoms. The first-order valence-electron chi connectivity index (χ1n) is 8.39. The van der Waals surface area contributed by atoms with Crippen molar-refractivity contribution in [3.63, 3.8) is 0 Å². The second-order valence-corrected chi connectivity index (χ2v) is 8.32. The van der Waals surface area contributed by atoms with E-state index in [0.29, 0.717) is 23.4 Å². The third-order valence-corrected chi connectivity index (χ3v) is 4.63. The first kappa shape index (κ1) is 18.2. The lowest BCUT2D eigenvalue weighted by Crippen LogP contribution is -2.21. The van der Waals surface area contributed by atoms with Crippen molar-refractivity contribution in [1.29, 1.82) is 0 Å². The molecule has 120 valence electrons. The summed E-state index contributed by atoms with van der Waals surface area (Å²) in [5, 5.41) is 9.15. The summed E-state index contributed by atoms with van der Waals surface area (Å²) in [7, 11) is 0. The quantitative estimate of drug-likeness (QED) is 0.639. The van der Waals surface area contributed by atoms with Crippen LogP contribution in [0, 0.1) is 16.7 Å². The van der Waals surface area contributed by atoms with Crippen LogP contribution in [0.15, 0.2) is 30.3 Å². The van der Waals surface area contributed by atoms with Crippen LogP contribution in [-0.2, 0) is 6.42 Å². The van der Waals surface area contributed by atoms with E-state index >= 15 is 0 Å². The van der Waals surface area contributed by atoms with Gasteiger partial charge in [0.15, 0.2) is 0 Å². The summed E-state index contributed by atoms with van der Waals surface area (Å²) in [4.78, 5) is 0. The highest BCUT2D eigenvalue weighted by Crippen LogP contribution is 2.36. The monoisotopic (exact) mass is 290 g/mol. The predicted octanol–water partition coefficient (Wildman–Crippen LogP) is 5.47. The number of aliphatic hydroxyl groups is 1. The van der Waals surface area contributed by atoms with Crippen LogP contribution in [-0.4, -0.2) is 11.7 Å². The van der Waals surface area contributed by atoms with Crippen molar-refractivity contribution in [2.45, 2.75) is 66.7 Å². The maximum absolute atomic E-state index is 9.15. The van der Waals surface area contributed by atoms with E-state index in [2.05, 4.69) is 65.0 Å². The zero-order chi connectivity index (χ0) is 15.9. The summed E-state index contributed by atoms with van der Waals surface area (Å²) in [6.07, 6.45) is 5.99. The Hall–Kier alpha value is -0.820. The fourth-order valence-corrected chi connectivity index (χ4v) is 2.77. The molecular weight excluding hydrogens is 256 g/mol. The molecule has 1 nitrogen and oxygen atoms in total. The lowest BCUT2D eigenvalue weighted by Gasteiger charge is -2.32. The zero-order valence-electron chi connectivity index (χ0n) is 14.7. The molecule has 0 aliphatic carbocycles. The van der Waals surface area contributed by atoms with E-state index in [0.717, 1.165) is 12.8 Å². The molecular formula is C20H34O. The van der Waals surface area contributed by atoms with Crippen molar-refractivity contribution >= 4 is 0 Å². The van der Waals surface area contributed by atoms with E-state index in [1.807, 2.05) is 0 Å². The zero-order valence-corrected chi connectivity index (χ0v) is 14.7. The Morgan fingerprint density at radius 1 is 0.905 bits per heavy atom. The van der Waals surface area contributed by atoms with Gasteiger partial charge in [0.25, 0.3) is 0 Å². The van der Waals surface area contributed by atoms with Gasteiger partial charge < -0.3 is 5.11 Å². The molecule has 0 radical (unpaired) electrons. The van der Waals surface area contributed by atoms with Crippen LogP contribution in [0.5, 0.6) is 0 Å². The molecule has 1 aromatic rings. The van der Waals surface area contributed by atoms with Gasteiger partial charge in [0, 0.05) is 6.61 Å². The molecule has 1 aromatic carbocycles. The van der Waals surface area contributed by atoms with Gasteiger partial charge >= 0.3 is 0 Å². The Kier molecular flexibility index (Phi) is 6.93. The van der Waals surface area contributed by atoms with Gasteiger partial charge in [-0.2, -0.15) is 0 Å². The largest absolute Gasteiger partial charge is 0.396 e. The van der Waals surface area contributed by atoms with E-state index in [4.69, 9.17) is 5.11 Å². The summed E-state index contributed by atoms with van der Waals surface area (Å²) >= 11 is 0. The summed E-state index contributed by atoms with van der Waals surface area (Å²) in [5.74, 6) is 0.432. The minimum atomic E-state index is 0.315. The Morgan fingerprint density at radius 3 is 2.05 bits per heavy atom. The van der Waals surface area contributed by atoms with Crippen LogP contribution in [0.4, 0.5) is 0 Å². The summed E-state index contributed by atoms with van der Waals surface area (Å²) in [6, 6.07) is 10.8. The molecule has 1 atom stereocenters. The van der Waals surface area contributed by atoms with Crippen LogP contribution in [0.3, 0.4) is 0 Å². The van der Waals surface area contributed by atoms with Gasteiger partial charge in [0.05, 0.1) is 0 Å². The van der Waals surface area contributed by atoms with Crippen LogP contribution in [0.1, 0.15) is 65.9 Å².